The van der Waals surface area contributed by atoms with Crippen molar-refractivity contribution in [2.75, 3.05) is 26.3 Å². The van der Waals surface area contributed by atoms with E-state index < -0.39 is 0 Å². The smallest absolute Gasteiger partial charge is 0.226 e. The number of ether oxygens (including phenoxy) is 1. The van der Waals surface area contributed by atoms with E-state index in [4.69, 9.17) is 4.74 Å². The Kier molecular flexibility index (Phi) is 5.68. The molecule has 1 saturated carbocycles. The third-order valence-corrected chi connectivity index (χ3v) is 4.58. The van der Waals surface area contributed by atoms with Crippen LogP contribution in [0.5, 0.6) is 0 Å². The van der Waals surface area contributed by atoms with E-state index in [1.807, 2.05) is 4.90 Å². The number of hydrogen-bond acceptors (Lipinski definition) is 2. The molecule has 1 saturated heterocycles. The molecule has 0 radical (unpaired) electrons. The molecule has 0 spiro atoms. The third-order valence-electron chi connectivity index (χ3n) is 4.58. The van der Waals surface area contributed by atoms with Gasteiger partial charge in [-0.15, -0.1) is 0 Å². The fourth-order valence-electron chi connectivity index (χ4n) is 3.56. The molecule has 0 aromatic heterocycles. The van der Waals surface area contributed by atoms with Gasteiger partial charge < -0.3 is 9.64 Å². The molecule has 0 aromatic rings. The SMILES string of the molecule is CC(C)C[C@H](C(=O)N1CCOCC1)C1CCCCC1. The number of carbonyl (C=O) groups is 1. The molecular weight excluding hydrogens is 238 g/mol. The molecule has 2 fully saturated rings. The van der Waals surface area contributed by atoms with Gasteiger partial charge in [-0.2, -0.15) is 0 Å². The average Bonchev–Trinajstić information content (AvgIpc) is 2.46. The van der Waals surface area contributed by atoms with Crippen molar-refractivity contribution >= 4 is 5.91 Å². The van der Waals surface area contributed by atoms with Crippen LogP contribution in [0.1, 0.15) is 52.4 Å². The predicted molar refractivity (Wildman–Crippen MR) is 76.9 cm³/mol. The highest BCUT2D eigenvalue weighted by molar-refractivity contribution is 5.79. The molecule has 1 atom stereocenters. The van der Waals surface area contributed by atoms with Crippen LogP contribution in [0.25, 0.3) is 0 Å². The van der Waals surface area contributed by atoms with Crippen LogP contribution < -0.4 is 0 Å². The van der Waals surface area contributed by atoms with Crippen LogP contribution >= 0.6 is 0 Å². The van der Waals surface area contributed by atoms with Gasteiger partial charge >= 0.3 is 0 Å². The van der Waals surface area contributed by atoms with Gasteiger partial charge in [-0.1, -0.05) is 33.1 Å². The lowest BCUT2D eigenvalue weighted by Gasteiger charge is -2.36. The number of amides is 1. The maximum atomic E-state index is 12.8. The molecule has 1 aliphatic carbocycles. The van der Waals surface area contributed by atoms with Crippen LogP contribution in [0, 0.1) is 17.8 Å². The molecule has 0 aromatic carbocycles. The molecule has 3 nitrogen and oxygen atoms in total. The first-order valence-corrected chi connectivity index (χ1v) is 8.05. The van der Waals surface area contributed by atoms with Crippen molar-refractivity contribution in [3.8, 4) is 0 Å². The summed E-state index contributed by atoms with van der Waals surface area (Å²) in [6.07, 6.45) is 7.56. The normalized spacial score (nSPS) is 23.6. The van der Waals surface area contributed by atoms with Gasteiger partial charge in [0.1, 0.15) is 0 Å². The van der Waals surface area contributed by atoms with E-state index >= 15 is 0 Å². The van der Waals surface area contributed by atoms with E-state index in [9.17, 15) is 4.79 Å². The van der Waals surface area contributed by atoms with Crippen LogP contribution in [0.4, 0.5) is 0 Å². The Balaban J connectivity index is 2.00. The van der Waals surface area contributed by atoms with Crippen molar-refractivity contribution < 1.29 is 9.53 Å². The summed E-state index contributed by atoms with van der Waals surface area (Å²) in [7, 11) is 0. The Labute approximate surface area is 117 Å². The molecule has 19 heavy (non-hydrogen) atoms. The fourth-order valence-corrected chi connectivity index (χ4v) is 3.56. The second kappa shape index (κ2) is 7.28. The second-order valence-corrected chi connectivity index (χ2v) is 6.57. The number of rotatable bonds is 4. The van der Waals surface area contributed by atoms with E-state index in [0.29, 0.717) is 31.0 Å². The Morgan fingerprint density at radius 2 is 1.79 bits per heavy atom. The topological polar surface area (TPSA) is 29.5 Å². The summed E-state index contributed by atoms with van der Waals surface area (Å²) in [5, 5.41) is 0. The number of nitrogens with zero attached hydrogens (tertiary/aromatic N) is 1. The van der Waals surface area contributed by atoms with Gasteiger partial charge in [-0.05, 0) is 31.1 Å². The summed E-state index contributed by atoms with van der Waals surface area (Å²) < 4.78 is 5.36. The van der Waals surface area contributed by atoms with E-state index in [1.54, 1.807) is 0 Å². The lowest BCUT2D eigenvalue weighted by atomic mass is 9.76. The largest absolute Gasteiger partial charge is 0.378 e. The van der Waals surface area contributed by atoms with E-state index in [2.05, 4.69) is 13.8 Å². The Morgan fingerprint density at radius 3 is 2.37 bits per heavy atom. The molecule has 1 heterocycles. The molecule has 0 N–H and O–H groups in total. The van der Waals surface area contributed by atoms with E-state index in [1.165, 1.54) is 32.1 Å². The molecule has 3 heteroatoms. The van der Waals surface area contributed by atoms with Gasteiger partial charge in [0, 0.05) is 19.0 Å². The van der Waals surface area contributed by atoms with Crippen molar-refractivity contribution in [3.05, 3.63) is 0 Å². The second-order valence-electron chi connectivity index (χ2n) is 6.57. The summed E-state index contributed by atoms with van der Waals surface area (Å²) in [4.78, 5) is 14.9. The van der Waals surface area contributed by atoms with E-state index in [-0.39, 0.29) is 5.92 Å². The standard InChI is InChI=1S/C16H29NO2/c1-13(2)12-15(14-6-4-3-5-7-14)16(18)17-8-10-19-11-9-17/h13-15H,3-12H2,1-2H3/t15-/m0/s1. The molecule has 110 valence electrons. The molecule has 1 aliphatic heterocycles. The zero-order valence-corrected chi connectivity index (χ0v) is 12.6. The number of hydrogen-bond donors (Lipinski definition) is 0. The quantitative estimate of drug-likeness (QED) is 0.783. The van der Waals surface area contributed by atoms with Gasteiger partial charge in [-0.3, -0.25) is 4.79 Å². The van der Waals surface area contributed by atoms with Gasteiger partial charge in [0.05, 0.1) is 13.2 Å². The van der Waals surface area contributed by atoms with Crippen molar-refractivity contribution in [2.24, 2.45) is 17.8 Å². The summed E-state index contributed by atoms with van der Waals surface area (Å²) in [5.41, 5.74) is 0. The van der Waals surface area contributed by atoms with Crippen molar-refractivity contribution in [1.82, 2.24) is 4.90 Å². The monoisotopic (exact) mass is 267 g/mol. The van der Waals surface area contributed by atoms with Crippen LogP contribution in [0.2, 0.25) is 0 Å². The van der Waals surface area contributed by atoms with Crippen LogP contribution in [0.15, 0.2) is 0 Å². The average molecular weight is 267 g/mol. The van der Waals surface area contributed by atoms with Gasteiger partial charge in [0.2, 0.25) is 5.91 Å². The van der Waals surface area contributed by atoms with E-state index in [0.717, 1.165) is 19.5 Å². The Hall–Kier alpha value is -0.570. The van der Waals surface area contributed by atoms with Gasteiger partial charge in [0.15, 0.2) is 0 Å². The minimum atomic E-state index is 0.262. The Morgan fingerprint density at radius 1 is 1.16 bits per heavy atom. The number of carbonyl (C=O) groups excluding carboxylic acids is 1. The predicted octanol–water partition coefficient (Wildman–Crippen LogP) is 3.09. The highest BCUT2D eigenvalue weighted by Gasteiger charge is 2.33. The molecule has 0 bridgehead atoms. The van der Waals surface area contributed by atoms with Crippen molar-refractivity contribution in [1.29, 1.82) is 0 Å². The first-order chi connectivity index (χ1) is 9.18. The third kappa shape index (κ3) is 4.20. The van der Waals surface area contributed by atoms with Gasteiger partial charge in [0.25, 0.3) is 0 Å². The fraction of sp³-hybridized carbons (Fsp3) is 0.938. The first kappa shape index (κ1) is 14.8. The highest BCUT2D eigenvalue weighted by atomic mass is 16.5. The molecule has 2 rings (SSSR count). The maximum absolute atomic E-state index is 12.8. The van der Waals surface area contributed by atoms with Crippen LogP contribution in [0.3, 0.4) is 0 Å². The maximum Gasteiger partial charge on any atom is 0.226 e. The minimum absolute atomic E-state index is 0.262. The van der Waals surface area contributed by atoms with Crippen molar-refractivity contribution in [3.63, 3.8) is 0 Å². The summed E-state index contributed by atoms with van der Waals surface area (Å²) in [5.74, 6) is 1.91. The summed E-state index contributed by atoms with van der Waals surface area (Å²) in [6.45, 7) is 7.49. The first-order valence-electron chi connectivity index (χ1n) is 8.05. The molecule has 2 aliphatic rings. The molecule has 0 unspecified atom stereocenters. The molecular formula is C16H29NO2. The van der Waals surface area contributed by atoms with Crippen LogP contribution in [-0.2, 0) is 9.53 Å². The zero-order chi connectivity index (χ0) is 13.7. The highest BCUT2D eigenvalue weighted by Crippen LogP contribution is 2.34. The zero-order valence-electron chi connectivity index (χ0n) is 12.6. The number of morpholine rings is 1. The van der Waals surface area contributed by atoms with Crippen LogP contribution in [-0.4, -0.2) is 37.1 Å². The lowest BCUT2D eigenvalue weighted by Crippen LogP contribution is -2.46. The summed E-state index contributed by atoms with van der Waals surface area (Å²) >= 11 is 0. The molecule has 1 amide bonds. The van der Waals surface area contributed by atoms with Gasteiger partial charge in [-0.25, -0.2) is 0 Å². The van der Waals surface area contributed by atoms with Crippen molar-refractivity contribution in [2.45, 2.75) is 52.4 Å². The summed E-state index contributed by atoms with van der Waals surface area (Å²) in [6, 6.07) is 0. The Bertz CT molecular complexity index is 278. The minimum Gasteiger partial charge on any atom is -0.378 e. The lowest BCUT2D eigenvalue weighted by molar-refractivity contribution is -0.142.